The molecule has 220 valence electrons. The van der Waals surface area contributed by atoms with Crippen molar-refractivity contribution >= 4 is 46.4 Å². The lowest BCUT2D eigenvalue weighted by atomic mass is 9.99. The van der Waals surface area contributed by atoms with Crippen LogP contribution in [0.15, 0.2) is 73.3 Å². The molecule has 4 N–H and O–H groups in total. The summed E-state index contributed by atoms with van der Waals surface area (Å²) in [6, 6.07) is 18.3. The Hall–Kier alpha value is -4.66. The van der Waals surface area contributed by atoms with Gasteiger partial charge in [-0.2, -0.15) is 0 Å². The van der Waals surface area contributed by atoms with E-state index in [2.05, 4.69) is 17.2 Å². The van der Waals surface area contributed by atoms with Gasteiger partial charge in [-0.1, -0.05) is 61.2 Å². The zero-order valence-electron chi connectivity index (χ0n) is 24.3. The Kier molecular flexibility index (Phi) is 9.30. The molecule has 0 spiro atoms. The molecule has 0 aliphatic heterocycles. The van der Waals surface area contributed by atoms with Crippen molar-refractivity contribution in [3.05, 3.63) is 84.4 Å². The lowest BCUT2D eigenvalue weighted by Crippen LogP contribution is -2.53. The van der Waals surface area contributed by atoms with E-state index in [1.807, 2.05) is 60.7 Å². The number of carbonyl (C=O) groups excluding carboxylic acids is 4. The van der Waals surface area contributed by atoms with Gasteiger partial charge in [-0.25, -0.2) is 4.79 Å². The first-order valence-electron chi connectivity index (χ1n) is 14.1. The van der Waals surface area contributed by atoms with Gasteiger partial charge < -0.3 is 26.0 Å². The third-order valence-electron chi connectivity index (χ3n) is 6.87. The van der Waals surface area contributed by atoms with Crippen molar-refractivity contribution in [2.45, 2.75) is 70.2 Å². The Morgan fingerprint density at radius 2 is 1.74 bits per heavy atom. The lowest BCUT2D eigenvalue weighted by Gasteiger charge is -2.35. The Labute approximate surface area is 246 Å². The Bertz CT molecular complexity index is 1490. The van der Waals surface area contributed by atoms with E-state index in [9.17, 15) is 19.2 Å². The van der Waals surface area contributed by atoms with Crippen LogP contribution in [0.3, 0.4) is 0 Å². The molecule has 4 amide bonds. The van der Waals surface area contributed by atoms with Crippen LogP contribution >= 0.6 is 0 Å². The first-order chi connectivity index (χ1) is 19.9. The second-order valence-corrected chi connectivity index (χ2v) is 11.5. The number of rotatable bonds is 11. The number of primary amides is 1. The molecular weight excluding hydrogens is 532 g/mol. The Morgan fingerprint density at radius 3 is 2.38 bits per heavy atom. The summed E-state index contributed by atoms with van der Waals surface area (Å²) in [7, 11) is 0. The maximum absolute atomic E-state index is 14.2. The summed E-state index contributed by atoms with van der Waals surface area (Å²) in [6.45, 7) is 8.98. The van der Waals surface area contributed by atoms with Gasteiger partial charge in [-0.3, -0.25) is 14.4 Å². The van der Waals surface area contributed by atoms with Gasteiger partial charge in [0.25, 0.3) is 5.91 Å². The van der Waals surface area contributed by atoms with Crippen LogP contribution in [0.1, 0.15) is 63.6 Å². The number of anilines is 1. The van der Waals surface area contributed by atoms with E-state index >= 15 is 0 Å². The summed E-state index contributed by atoms with van der Waals surface area (Å²) in [6.07, 6.45) is 2.09. The molecule has 0 aromatic heterocycles. The van der Waals surface area contributed by atoms with Gasteiger partial charge in [-0.05, 0) is 80.1 Å². The van der Waals surface area contributed by atoms with E-state index in [0.29, 0.717) is 24.1 Å². The quantitative estimate of drug-likeness (QED) is 0.288. The van der Waals surface area contributed by atoms with Crippen LogP contribution in [0.4, 0.5) is 10.5 Å². The average molecular weight is 571 g/mol. The zero-order valence-corrected chi connectivity index (χ0v) is 24.3. The van der Waals surface area contributed by atoms with Crippen molar-refractivity contribution < 1.29 is 23.9 Å². The Balaban J connectivity index is 1.71. The van der Waals surface area contributed by atoms with E-state index in [4.69, 9.17) is 10.5 Å². The molecule has 1 aliphatic rings. The fraction of sp³-hybridized carbons (Fsp3) is 0.333. The summed E-state index contributed by atoms with van der Waals surface area (Å²) in [5.74, 6) is -1.51. The second kappa shape index (κ2) is 12.9. The number of ether oxygens (including phenoxy) is 1. The highest BCUT2D eigenvalue weighted by Gasteiger charge is 2.44. The molecule has 9 nitrogen and oxygen atoms in total. The van der Waals surface area contributed by atoms with Crippen molar-refractivity contribution in [3.63, 3.8) is 0 Å². The zero-order chi connectivity index (χ0) is 30.4. The van der Waals surface area contributed by atoms with Gasteiger partial charge in [0.1, 0.15) is 17.7 Å². The van der Waals surface area contributed by atoms with Crippen LogP contribution in [0.5, 0.6) is 0 Å². The van der Waals surface area contributed by atoms with Gasteiger partial charge in [0, 0.05) is 18.2 Å². The SMILES string of the molecule is C=Cc1cccc(C(C(=O)Nc2ccc3ccccc3c2)N(C(=O)C(CCC(N)=O)NC(=O)OC(C)(C)C)C2CC2)c1. The highest BCUT2D eigenvalue weighted by Crippen LogP contribution is 2.37. The van der Waals surface area contributed by atoms with Crippen molar-refractivity contribution in [2.75, 3.05) is 5.32 Å². The molecule has 1 fully saturated rings. The fourth-order valence-corrected chi connectivity index (χ4v) is 4.82. The minimum absolute atomic E-state index is 0.0393. The summed E-state index contributed by atoms with van der Waals surface area (Å²) < 4.78 is 5.39. The number of hydrogen-bond acceptors (Lipinski definition) is 5. The number of benzene rings is 3. The lowest BCUT2D eigenvalue weighted by molar-refractivity contribution is -0.141. The molecule has 0 saturated heterocycles. The standard InChI is InChI=1S/C33H38N4O5/c1-5-21-9-8-12-24(19-21)29(30(39)35-25-14-13-22-10-6-7-11-23(22)20-25)37(26-15-16-26)31(40)27(17-18-28(34)38)36-32(41)42-33(2,3)4/h5-14,19-20,26-27,29H,1,15-18H2,2-4H3,(H2,34,38)(H,35,39)(H,36,41). The molecule has 0 bridgehead atoms. The smallest absolute Gasteiger partial charge is 0.408 e. The van der Waals surface area contributed by atoms with Gasteiger partial charge >= 0.3 is 6.09 Å². The third kappa shape index (κ3) is 7.96. The summed E-state index contributed by atoms with van der Waals surface area (Å²) in [5.41, 5.74) is 6.57. The number of carbonyl (C=O) groups is 4. The van der Waals surface area contributed by atoms with Gasteiger partial charge in [0.05, 0.1) is 0 Å². The second-order valence-electron chi connectivity index (χ2n) is 11.5. The largest absolute Gasteiger partial charge is 0.444 e. The molecule has 2 atom stereocenters. The van der Waals surface area contributed by atoms with E-state index in [1.165, 1.54) is 4.90 Å². The van der Waals surface area contributed by atoms with E-state index in [1.54, 1.807) is 32.9 Å². The van der Waals surface area contributed by atoms with E-state index in [0.717, 1.165) is 16.3 Å². The highest BCUT2D eigenvalue weighted by atomic mass is 16.6. The molecule has 42 heavy (non-hydrogen) atoms. The predicted molar refractivity (Wildman–Crippen MR) is 163 cm³/mol. The maximum Gasteiger partial charge on any atom is 0.408 e. The average Bonchev–Trinajstić information content (AvgIpc) is 3.77. The monoisotopic (exact) mass is 570 g/mol. The molecular formula is C33H38N4O5. The molecule has 3 aromatic rings. The Morgan fingerprint density at radius 1 is 1.02 bits per heavy atom. The van der Waals surface area contributed by atoms with Crippen molar-refractivity contribution in [3.8, 4) is 0 Å². The summed E-state index contributed by atoms with van der Waals surface area (Å²) in [5, 5.41) is 7.62. The molecule has 3 aromatic carbocycles. The molecule has 1 aliphatic carbocycles. The predicted octanol–water partition coefficient (Wildman–Crippen LogP) is 5.31. The number of hydrogen-bond donors (Lipinski definition) is 3. The van der Waals surface area contributed by atoms with Crippen molar-refractivity contribution in [1.29, 1.82) is 0 Å². The number of nitrogens with zero attached hydrogens (tertiary/aromatic N) is 1. The summed E-state index contributed by atoms with van der Waals surface area (Å²) in [4.78, 5) is 54.3. The summed E-state index contributed by atoms with van der Waals surface area (Å²) >= 11 is 0. The van der Waals surface area contributed by atoms with Crippen LogP contribution in [0.2, 0.25) is 0 Å². The number of alkyl carbamates (subject to hydrolysis) is 1. The van der Waals surface area contributed by atoms with Crippen LogP contribution in [0, 0.1) is 0 Å². The number of nitrogens with one attached hydrogen (secondary N) is 2. The topological polar surface area (TPSA) is 131 Å². The van der Waals surface area contributed by atoms with E-state index < -0.39 is 41.5 Å². The van der Waals surface area contributed by atoms with Crippen LogP contribution < -0.4 is 16.4 Å². The first kappa shape index (κ1) is 30.3. The first-order valence-corrected chi connectivity index (χ1v) is 14.1. The van der Waals surface area contributed by atoms with Gasteiger partial charge in [0.2, 0.25) is 11.8 Å². The minimum atomic E-state index is -1.13. The van der Waals surface area contributed by atoms with Crippen LogP contribution in [-0.4, -0.2) is 46.4 Å². The minimum Gasteiger partial charge on any atom is -0.444 e. The van der Waals surface area contributed by atoms with Crippen LogP contribution in [-0.2, 0) is 19.1 Å². The molecule has 4 rings (SSSR count). The number of fused-ring (bicyclic) bond motifs is 1. The number of nitrogens with two attached hydrogens (primary N) is 1. The third-order valence-corrected chi connectivity index (χ3v) is 6.87. The van der Waals surface area contributed by atoms with Crippen molar-refractivity contribution in [1.82, 2.24) is 10.2 Å². The molecule has 0 radical (unpaired) electrons. The molecule has 0 heterocycles. The van der Waals surface area contributed by atoms with Crippen LogP contribution in [0.25, 0.3) is 16.8 Å². The molecule has 2 unspecified atom stereocenters. The fourth-order valence-electron chi connectivity index (χ4n) is 4.82. The normalized spacial score (nSPS) is 14.4. The highest BCUT2D eigenvalue weighted by molar-refractivity contribution is 6.00. The molecule has 1 saturated carbocycles. The van der Waals surface area contributed by atoms with Gasteiger partial charge in [0.15, 0.2) is 0 Å². The maximum atomic E-state index is 14.2. The molecule has 9 heteroatoms. The van der Waals surface area contributed by atoms with Gasteiger partial charge in [-0.15, -0.1) is 0 Å². The van der Waals surface area contributed by atoms with Crippen molar-refractivity contribution in [2.24, 2.45) is 5.73 Å². The van der Waals surface area contributed by atoms with E-state index in [-0.39, 0.29) is 18.9 Å². The number of amides is 4.